The van der Waals surface area contributed by atoms with Crippen LogP contribution in [0.4, 0.5) is 11.5 Å². The molecule has 2 amide bonds. The van der Waals surface area contributed by atoms with E-state index in [2.05, 4.69) is 20.8 Å². The number of nitrogens with one attached hydrogen (secondary N) is 2. The van der Waals surface area contributed by atoms with Crippen molar-refractivity contribution in [2.75, 3.05) is 23.2 Å². The molecule has 0 saturated heterocycles. The van der Waals surface area contributed by atoms with E-state index in [1.807, 2.05) is 6.07 Å². The summed E-state index contributed by atoms with van der Waals surface area (Å²) in [7, 11) is 0. The Kier molecular flexibility index (Phi) is 5.57. The normalized spacial score (nSPS) is 11.7. The summed E-state index contributed by atoms with van der Waals surface area (Å²) in [5.74, 6) is 1.33. The van der Waals surface area contributed by atoms with Crippen LogP contribution >= 0.6 is 11.8 Å². The number of fused-ring (bicyclic) bond motifs is 1. The molecule has 2 N–H and O–H groups in total. The second kappa shape index (κ2) is 8.61. The summed E-state index contributed by atoms with van der Waals surface area (Å²) in [5.41, 5.74) is 1.16. The van der Waals surface area contributed by atoms with Gasteiger partial charge in [0, 0.05) is 17.3 Å². The second-order valence-corrected chi connectivity index (χ2v) is 6.98. The number of carbonyl (C=O) groups is 2. The monoisotopic (exact) mass is 408 g/mol. The summed E-state index contributed by atoms with van der Waals surface area (Å²) in [6.45, 7) is 0.184. The van der Waals surface area contributed by atoms with Crippen molar-refractivity contribution in [1.29, 1.82) is 0 Å². The number of hydrogen-bond donors (Lipinski definition) is 2. The van der Waals surface area contributed by atoms with Crippen molar-refractivity contribution in [3.8, 4) is 11.5 Å². The molecule has 1 aliphatic rings. The first-order valence-corrected chi connectivity index (χ1v) is 9.68. The fraction of sp³-hybridized carbons (Fsp3) is 0.100. The summed E-state index contributed by atoms with van der Waals surface area (Å²) in [4.78, 5) is 24.3. The molecular weight excluding hydrogens is 392 g/mol. The predicted octanol–water partition coefficient (Wildman–Crippen LogP) is 3.19. The Morgan fingerprint density at radius 2 is 1.76 bits per heavy atom. The van der Waals surface area contributed by atoms with Gasteiger partial charge in [-0.15, -0.1) is 10.2 Å². The van der Waals surface area contributed by atoms with Gasteiger partial charge in [-0.25, -0.2) is 0 Å². The zero-order valence-corrected chi connectivity index (χ0v) is 15.9. The van der Waals surface area contributed by atoms with E-state index < -0.39 is 0 Å². The minimum atomic E-state index is -0.261. The number of anilines is 2. The lowest BCUT2D eigenvalue weighted by molar-refractivity contribution is -0.113. The van der Waals surface area contributed by atoms with E-state index in [1.54, 1.807) is 54.6 Å². The van der Waals surface area contributed by atoms with Gasteiger partial charge in [-0.2, -0.15) is 0 Å². The largest absolute Gasteiger partial charge is 0.454 e. The highest BCUT2D eigenvalue weighted by Gasteiger charge is 2.14. The highest BCUT2D eigenvalue weighted by Crippen LogP contribution is 2.34. The zero-order chi connectivity index (χ0) is 20.1. The van der Waals surface area contributed by atoms with E-state index in [-0.39, 0.29) is 24.4 Å². The van der Waals surface area contributed by atoms with Crippen LogP contribution in [0.2, 0.25) is 0 Å². The minimum Gasteiger partial charge on any atom is -0.454 e. The minimum absolute atomic E-state index is 0.166. The molecule has 8 nitrogen and oxygen atoms in total. The SMILES string of the molecule is O=C(CSc1ccc(NC(=O)c2ccccc2)nn1)Nc1ccc2c(c1)OCO2. The third-order valence-electron chi connectivity index (χ3n) is 3.93. The molecule has 0 spiro atoms. The maximum Gasteiger partial charge on any atom is 0.256 e. The molecule has 0 radical (unpaired) electrons. The van der Waals surface area contributed by atoms with Gasteiger partial charge >= 0.3 is 0 Å². The Labute approximate surface area is 170 Å². The molecule has 2 heterocycles. The number of amides is 2. The molecule has 0 bridgehead atoms. The smallest absolute Gasteiger partial charge is 0.256 e. The Bertz CT molecular complexity index is 1030. The van der Waals surface area contributed by atoms with Gasteiger partial charge in [0.2, 0.25) is 12.7 Å². The topological polar surface area (TPSA) is 102 Å². The summed E-state index contributed by atoms with van der Waals surface area (Å²) >= 11 is 1.24. The van der Waals surface area contributed by atoms with Crippen molar-refractivity contribution in [1.82, 2.24) is 10.2 Å². The molecule has 0 atom stereocenters. The number of benzene rings is 2. The summed E-state index contributed by atoms with van der Waals surface area (Å²) in [6, 6.07) is 17.4. The highest BCUT2D eigenvalue weighted by molar-refractivity contribution is 7.99. The molecule has 2 aromatic carbocycles. The quantitative estimate of drug-likeness (QED) is 0.604. The van der Waals surface area contributed by atoms with Gasteiger partial charge in [0.25, 0.3) is 5.91 Å². The van der Waals surface area contributed by atoms with Gasteiger partial charge in [0.15, 0.2) is 17.3 Å². The molecule has 0 fully saturated rings. The average molecular weight is 408 g/mol. The van der Waals surface area contributed by atoms with Crippen LogP contribution < -0.4 is 20.1 Å². The number of hydrogen-bond acceptors (Lipinski definition) is 7. The van der Waals surface area contributed by atoms with Gasteiger partial charge < -0.3 is 20.1 Å². The molecule has 4 rings (SSSR count). The van der Waals surface area contributed by atoms with Crippen LogP contribution in [-0.2, 0) is 4.79 Å². The fourth-order valence-electron chi connectivity index (χ4n) is 2.55. The lowest BCUT2D eigenvalue weighted by Gasteiger charge is -2.06. The Morgan fingerprint density at radius 3 is 2.55 bits per heavy atom. The molecule has 1 aromatic heterocycles. The fourth-order valence-corrected chi connectivity index (χ4v) is 3.17. The van der Waals surface area contributed by atoms with Crippen molar-refractivity contribution in [2.45, 2.75) is 5.03 Å². The highest BCUT2D eigenvalue weighted by atomic mass is 32.2. The standard InChI is InChI=1S/C20H16N4O4S/c25-18(21-14-6-7-15-16(10-14)28-12-27-15)11-29-19-9-8-17(23-24-19)22-20(26)13-4-2-1-3-5-13/h1-10H,11-12H2,(H,21,25)(H,22,23,26). The van der Waals surface area contributed by atoms with Gasteiger partial charge in [-0.3, -0.25) is 9.59 Å². The third kappa shape index (κ3) is 4.82. The first-order chi connectivity index (χ1) is 14.2. The molecule has 146 valence electrons. The Morgan fingerprint density at radius 1 is 0.931 bits per heavy atom. The summed E-state index contributed by atoms with van der Waals surface area (Å²) in [6.07, 6.45) is 0. The van der Waals surface area contributed by atoms with Crippen LogP contribution in [0.5, 0.6) is 11.5 Å². The molecule has 0 unspecified atom stereocenters. The molecular formula is C20H16N4O4S. The van der Waals surface area contributed by atoms with Crippen LogP contribution in [0, 0.1) is 0 Å². The Balaban J connectivity index is 1.27. The molecule has 9 heteroatoms. The van der Waals surface area contributed by atoms with Gasteiger partial charge in [0.05, 0.1) is 5.75 Å². The maximum absolute atomic E-state index is 12.1. The van der Waals surface area contributed by atoms with Gasteiger partial charge in [-0.1, -0.05) is 30.0 Å². The molecule has 0 aliphatic carbocycles. The van der Waals surface area contributed by atoms with Crippen molar-refractivity contribution in [2.24, 2.45) is 0 Å². The second-order valence-electron chi connectivity index (χ2n) is 5.98. The molecule has 1 aliphatic heterocycles. The number of rotatable bonds is 6. The number of nitrogens with zero attached hydrogens (tertiary/aromatic N) is 2. The Hall–Kier alpha value is -3.59. The predicted molar refractivity (Wildman–Crippen MR) is 108 cm³/mol. The number of carbonyl (C=O) groups excluding carboxylic acids is 2. The van der Waals surface area contributed by atoms with Crippen LogP contribution in [0.3, 0.4) is 0 Å². The lowest BCUT2D eigenvalue weighted by atomic mass is 10.2. The summed E-state index contributed by atoms with van der Waals surface area (Å²) < 4.78 is 10.5. The van der Waals surface area contributed by atoms with Crippen LogP contribution in [0.15, 0.2) is 65.7 Å². The summed E-state index contributed by atoms with van der Waals surface area (Å²) in [5, 5.41) is 14.1. The van der Waals surface area contributed by atoms with Crippen molar-refractivity contribution >= 4 is 35.1 Å². The van der Waals surface area contributed by atoms with E-state index >= 15 is 0 Å². The van der Waals surface area contributed by atoms with Crippen molar-refractivity contribution in [3.63, 3.8) is 0 Å². The van der Waals surface area contributed by atoms with Crippen LogP contribution in [0.25, 0.3) is 0 Å². The van der Waals surface area contributed by atoms with Gasteiger partial charge in [0.1, 0.15) is 5.03 Å². The van der Waals surface area contributed by atoms with E-state index in [0.717, 1.165) is 0 Å². The van der Waals surface area contributed by atoms with Crippen molar-refractivity contribution < 1.29 is 19.1 Å². The number of aromatic nitrogens is 2. The first-order valence-electron chi connectivity index (χ1n) is 8.70. The maximum atomic E-state index is 12.1. The van der Waals surface area contributed by atoms with Crippen LogP contribution in [0.1, 0.15) is 10.4 Å². The van der Waals surface area contributed by atoms with E-state index in [1.165, 1.54) is 11.8 Å². The molecule has 0 saturated carbocycles. The van der Waals surface area contributed by atoms with E-state index in [0.29, 0.717) is 33.6 Å². The van der Waals surface area contributed by atoms with E-state index in [9.17, 15) is 9.59 Å². The first kappa shape index (κ1) is 18.8. The van der Waals surface area contributed by atoms with Crippen LogP contribution in [-0.4, -0.2) is 34.6 Å². The lowest BCUT2D eigenvalue weighted by Crippen LogP contribution is -2.14. The van der Waals surface area contributed by atoms with Crippen molar-refractivity contribution in [3.05, 3.63) is 66.2 Å². The van der Waals surface area contributed by atoms with Gasteiger partial charge in [-0.05, 0) is 36.4 Å². The third-order valence-corrected chi connectivity index (χ3v) is 4.85. The number of ether oxygens (including phenoxy) is 2. The molecule has 3 aromatic rings. The number of thioether (sulfide) groups is 1. The zero-order valence-electron chi connectivity index (χ0n) is 15.1. The molecule has 29 heavy (non-hydrogen) atoms. The average Bonchev–Trinajstić information content (AvgIpc) is 3.22. The van der Waals surface area contributed by atoms with E-state index in [4.69, 9.17) is 9.47 Å².